The van der Waals surface area contributed by atoms with Gasteiger partial charge in [-0.25, -0.2) is 0 Å². The van der Waals surface area contributed by atoms with E-state index < -0.39 is 0 Å². The lowest BCUT2D eigenvalue weighted by Gasteiger charge is -2.25. The van der Waals surface area contributed by atoms with Gasteiger partial charge >= 0.3 is 0 Å². The van der Waals surface area contributed by atoms with E-state index in [0.29, 0.717) is 10.0 Å². The average molecular weight is 446 g/mol. The number of para-hydroxylation sites is 1. The van der Waals surface area contributed by atoms with E-state index >= 15 is 0 Å². The van der Waals surface area contributed by atoms with E-state index in [-0.39, 0.29) is 0 Å². The van der Waals surface area contributed by atoms with Crippen molar-refractivity contribution >= 4 is 52.2 Å². The maximum atomic E-state index is 6.10. The Bertz CT molecular complexity index is 1090. The molecule has 0 aliphatic carbocycles. The third kappa shape index (κ3) is 5.26. The van der Waals surface area contributed by atoms with Crippen LogP contribution in [-0.4, -0.2) is 13.3 Å². The summed E-state index contributed by atoms with van der Waals surface area (Å²) < 4.78 is 0. The molecule has 31 heavy (non-hydrogen) atoms. The largest absolute Gasteiger partial charge is 0.311 e. The first-order chi connectivity index (χ1) is 15.1. The summed E-state index contributed by atoms with van der Waals surface area (Å²) in [4.78, 5) is 2.16. The third-order valence-electron chi connectivity index (χ3n) is 4.83. The zero-order chi connectivity index (χ0) is 21.6. The summed E-state index contributed by atoms with van der Waals surface area (Å²) in [5.41, 5.74) is 5.10. The van der Waals surface area contributed by atoms with Crippen LogP contribution in [0.4, 0.5) is 22.7 Å². The van der Waals surface area contributed by atoms with Gasteiger partial charge < -0.3 is 4.90 Å². The minimum absolute atomic E-state index is 0.703. The number of rotatable bonds is 6. The SMILES string of the molecule is CN(N=Cc1ccc(N(c2ccc(Cl)cc2)c2ccc(Cl)cc2)cc1)c1ccccc1. The molecule has 0 amide bonds. The van der Waals surface area contributed by atoms with E-state index in [1.807, 2.05) is 97.1 Å². The van der Waals surface area contributed by atoms with Gasteiger partial charge in [-0.2, -0.15) is 5.10 Å². The van der Waals surface area contributed by atoms with E-state index in [0.717, 1.165) is 28.3 Å². The van der Waals surface area contributed by atoms with Crippen molar-refractivity contribution in [3.8, 4) is 0 Å². The number of hydrazone groups is 1. The van der Waals surface area contributed by atoms with Gasteiger partial charge in [-0.15, -0.1) is 0 Å². The Morgan fingerprint density at radius 2 is 1.03 bits per heavy atom. The first kappa shape index (κ1) is 21.0. The Morgan fingerprint density at radius 3 is 1.52 bits per heavy atom. The second kappa shape index (κ2) is 9.69. The molecule has 0 fully saturated rings. The fourth-order valence-electron chi connectivity index (χ4n) is 3.20. The lowest BCUT2D eigenvalue weighted by Crippen LogP contribution is -2.10. The summed E-state index contributed by atoms with van der Waals surface area (Å²) in [5.74, 6) is 0. The number of benzene rings is 4. The van der Waals surface area contributed by atoms with Gasteiger partial charge in [0, 0.05) is 34.2 Å². The van der Waals surface area contributed by atoms with Gasteiger partial charge in [0.1, 0.15) is 0 Å². The molecule has 0 radical (unpaired) electrons. The molecule has 0 aliphatic rings. The highest BCUT2D eigenvalue weighted by atomic mass is 35.5. The zero-order valence-electron chi connectivity index (χ0n) is 17.0. The van der Waals surface area contributed by atoms with Crippen LogP contribution in [0.1, 0.15) is 5.56 Å². The van der Waals surface area contributed by atoms with Gasteiger partial charge in [0.2, 0.25) is 0 Å². The molecule has 3 nitrogen and oxygen atoms in total. The van der Waals surface area contributed by atoms with Gasteiger partial charge in [-0.1, -0.05) is 53.5 Å². The van der Waals surface area contributed by atoms with Crippen molar-refractivity contribution in [2.75, 3.05) is 17.0 Å². The van der Waals surface area contributed by atoms with Crippen LogP contribution >= 0.6 is 23.2 Å². The summed E-state index contributed by atoms with van der Waals surface area (Å²) in [6.45, 7) is 0. The molecule has 0 bridgehead atoms. The van der Waals surface area contributed by atoms with Gasteiger partial charge in [-0.05, 0) is 78.4 Å². The van der Waals surface area contributed by atoms with E-state index in [4.69, 9.17) is 23.2 Å². The smallest absolute Gasteiger partial charge is 0.0590 e. The number of anilines is 4. The van der Waals surface area contributed by atoms with E-state index in [9.17, 15) is 0 Å². The molecule has 0 aliphatic heterocycles. The van der Waals surface area contributed by atoms with Crippen LogP contribution in [0.2, 0.25) is 10.0 Å². The van der Waals surface area contributed by atoms with E-state index in [2.05, 4.69) is 34.3 Å². The van der Waals surface area contributed by atoms with Crippen LogP contribution in [-0.2, 0) is 0 Å². The highest BCUT2D eigenvalue weighted by Crippen LogP contribution is 2.35. The van der Waals surface area contributed by atoms with E-state index in [1.165, 1.54) is 0 Å². The summed E-state index contributed by atoms with van der Waals surface area (Å²) in [5, 5.41) is 7.79. The fraction of sp³-hybridized carbons (Fsp3) is 0.0385. The highest BCUT2D eigenvalue weighted by molar-refractivity contribution is 6.31. The molecule has 4 aromatic rings. The molecule has 0 unspecified atom stereocenters. The Morgan fingerprint density at radius 1 is 0.581 bits per heavy atom. The Labute approximate surface area is 192 Å². The zero-order valence-corrected chi connectivity index (χ0v) is 18.5. The highest BCUT2D eigenvalue weighted by Gasteiger charge is 2.12. The van der Waals surface area contributed by atoms with Crippen LogP contribution < -0.4 is 9.91 Å². The summed E-state index contributed by atoms with van der Waals surface area (Å²) in [6.07, 6.45) is 1.85. The van der Waals surface area contributed by atoms with Crippen molar-refractivity contribution in [1.29, 1.82) is 0 Å². The number of hydrogen-bond donors (Lipinski definition) is 0. The quantitative estimate of drug-likeness (QED) is 0.221. The summed E-state index contributed by atoms with van der Waals surface area (Å²) >= 11 is 12.2. The average Bonchev–Trinajstić information content (AvgIpc) is 2.81. The molecule has 154 valence electrons. The van der Waals surface area contributed by atoms with Crippen molar-refractivity contribution in [1.82, 2.24) is 0 Å². The van der Waals surface area contributed by atoms with Gasteiger partial charge in [0.25, 0.3) is 0 Å². The van der Waals surface area contributed by atoms with Crippen LogP contribution in [0.25, 0.3) is 0 Å². The van der Waals surface area contributed by atoms with Crippen molar-refractivity contribution in [2.45, 2.75) is 0 Å². The predicted octanol–water partition coefficient (Wildman–Crippen LogP) is 7.93. The first-order valence-electron chi connectivity index (χ1n) is 9.84. The molecule has 0 spiro atoms. The molecule has 0 atom stereocenters. The Balaban J connectivity index is 1.61. The molecule has 0 aromatic heterocycles. The fourth-order valence-corrected chi connectivity index (χ4v) is 3.45. The molecule has 0 saturated heterocycles. The molecule has 0 N–H and O–H groups in total. The maximum absolute atomic E-state index is 6.10. The normalized spacial score (nSPS) is 10.9. The minimum atomic E-state index is 0.703. The molecule has 4 rings (SSSR count). The van der Waals surface area contributed by atoms with Crippen LogP contribution in [0.3, 0.4) is 0 Å². The second-order valence-corrected chi connectivity index (χ2v) is 7.86. The van der Waals surface area contributed by atoms with Crippen molar-refractivity contribution < 1.29 is 0 Å². The van der Waals surface area contributed by atoms with Gasteiger partial charge in [0.05, 0.1) is 11.9 Å². The van der Waals surface area contributed by atoms with Crippen LogP contribution in [0.15, 0.2) is 108 Å². The lowest BCUT2D eigenvalue weighted by molar-refractivity contribution is 1.02. The topological polar surface area (TPSA) is 18.8 Å². The van der Waals surface area contributed by atoms with Gasteiger partial charge in [0.15, 0.2) is 0 Å². The minimum Gasteiger partial charge on any atom is -0.311 e. The van der Waals surface area contributed by atoms with Crippen LogP contribution in [0.5, 0.6) is 0 Å². The first-order valence-corrected chi connectivity index (χ1v) is 10.6. The molecular weight excluding hydrogens is 425 g/mol. The number of halogens is 2. The summed E-state index contributed by atoms with van der Waals surface area (Å²) in [7, 11) is 1.93. The van der Waals surface area contributed by atoms with Gasteiger partial charge in [-0.3, -0.25) is 5.01 Å². The van der Waals surface area contributed by atoms with Crippen molar-refractivity contribution in [3.05, 3.63) is 119 Å². The Hall–Kier alpha value is -3.27. The molecule has 5 heteroatoms. The van der Waals surface area contributed by atoms with Crippen molar-refractivity contribution in [3.63, 3.8) is 0 Å². The number of hydrogen-bond acceptors (Lipinski definition) is 3. The molecular formula is C26H21Cl2N3. The second-order valence-electron chi connectivity index (χ2n) is 6.98. The maximum Gasteiger partial charge on any atom is 0.0590 e. The molecule has 4 aromatic carbocycles. The standard InChI is InChI=1S/C26H21Cl2N3/c1-30(23-5-3-2-4-6-23)29-19-20-7-13-24(14-8-20)31(25-15-9-21(27)10-16-25)26-17-11-22(28)12-18-26/h2-19H,1H3. The number of nitrogens with zero attached hydrogens (tertiary/aromatic N) is 3. The van der Waals surface area contributed by atoms with Crippen LogP contribution in [0, 0.1) is 0 Å². The molecule has 0 saturated carbocycles. The summed E-state index contributed by atoms with van der Waals surface area (Å²) in [6, 6.07) is 33.9. The molecule has 0 heterocycles. The predicted molar refractivity (Wildman–Crippen MR) is 134 cm³/mol. The lowest BCUT2D eigenvalue weighted by atomic mass is 10.1. The van der Waals surface area contributed by atoms with Crippen molar-refractivity contribution in [2.24, 2.45) is 5.10 Å². The Kier molecular flexibility index (Phi) is 6.56. The monoisotopic (exact) mass is 445 g/mol. The van der Waals surface area contributed by atoms with E-state index in [1.54, 1.807) is 0 Å². The third-order valence-corrected chi connectivity index (χ3v) is 5.33.